The second-order valence-electron chi connectivity index (χ2n) is 4.29. The van der Waals surface area contributed by atoms with Crippen LogP contribution < -0.4 is 9.47 Å². The topological polar surface area (TPSA) is 47.1 Å². The molecule has 1 N–H and O–H groups in total. The average molecular weight is 272 g/mol. The van der Waals surface area contributed by atoms with Crippen LogP contribution in [0.4, 0.5) is 4.39 Å². The van der Waals surface area contributed by atoms with Gasteiger partial charge in [-0.05, 0) is 36.4 Å². The molecule has 0 saturated heterocycles. The van der Waals surface area contributed by atoms with Crippen molar-refractivity contribution in [2.45, 2.75) is 0 Å². The number of methoxy groups -OCH3 is 2. The maximum absolute atomic E-state index is 13.0. The van der Waals surface area contributed by atoms with E-state index in [9.17, 15) is 4.39 Å². The normalized spacial score (nSPS) is 10.8. The van der Waals surface area contributed by atoms with Crippen molar-refractivity contribution in [3.8, 4) is 22.9 Å². The predicted octanol–water partition coefficient (Wildman–Crippen LogP) is 3.39. The minimum atomic E-state index is -0.278. The summed E-state index contributed by atoms with van der Waals surface area (Å²) >= 11 is 0. The number of ether oxygens (including phenoxy) is 2. The van der Waals surface area contributed by atoms with Gasteiger partial charge in [-0.25, -0.2) is 9.37 Å². The molecule has 0 aliphatic carbocycles. The molecule has 3 aromatic rings. The van der Waals surface area contributed by atoms with E-state index in [-0.39, 0.29) is 5.82 Å². The van der Waals surface area contributed by atoms with Crippen LogP contribution in [0.1, 0.15) is 0 Å². The lowest BCUT2D eigenvalue weighted by atomic mass is 10.2. The quantitative estimate of drug-likeness (QED) is 0.795. The van der Waals surface area contributed by atoms with Gasteiger partial charge in [-0.1, -0.05) is 0 Å². The molecule has 0 bridgehead atoms. The number of aromatic nitrogens is 2. The van der Waals surface area contributed by atoms with Crippen LogP contribution in [0.3, 0.4) is 0 Å². The van der Waals surface area contributed by atoms with Gasteiger partial charge in [0, 0.05) is 5.56 Å². The van der Waals surface area contributed by atoms with Crippen molar-refractivity contribution in [1.82, 2.24) is 9.97 Å². The van der Waals surface area contributed by atoms with E-state index in [2.05, 4.69) is 9.97 Å². The second kappa shape index (κ2) is 4.85. The molecule has 3 rings (SSSR count). The summed E-state index contributed by atoms with van der Waals surface area (Å²) in [5.41, 5.74) is 2.24. The number of benzene rings is 2. The third-order valence-corrected chi connectivity index (χ3v) is 3.13. The number of aromatic amines is 1. The highest BCUT2D eigenvalue weighted by molar-refractivity contribution is 5.89. The molecule has 1 heterocycles. The molecule has 0 spiro atoms. The Hall–Kier alpha value is -2.56. The minimum Gasteiger partial charge on any atom is -0.494 e. The second-order valence-corrected chi connectivity index (χ2v) is 4.29. The molecule has 0 atom stereocenters. The van der Waals surface area contributed by atoms with Crippen molar-refractivity contribution in [2.75, 3.05) is 14.2 Å². The van der Waals surface area contributed by atoms with Crippen LogP contribution in [-0.2, 0) is 0 Å². The van der Waals surface area contributed by atoms with E-state index in [0.717, 1.165) is 11.1 Å². The number of imidazole rings is 1. The van der Waals surface area contributed by atoms with E-state index in [1.807, 2.05) is 6.07 Å². The molecule has 0 aliphatic rings. The zero-order valence-corrected chi connectivity index (χ0v) is 11.1. The predicted molar refractivity (Wildman–Crippen MR) is 74.6 cm³/mol. The molecule has 2 aromatic carbocycles. The summed E-state index contributed by atoms with van der Waals surface area (Å²) < 4.78 is 23.6. The first-order chi connectivity index (χ1) is 9.72. The third-order valence-electron chi connectivity index (χ3n) is 3.13. The van der Waals surface area contributed by atoms with Crippen LogP contribution in [0.25, 0.3) is 22.4 Å². The summed E-state index contributed by atoms with van der Waals surface area (Å²) in [6.07, 6.45) is 0. The van der Waals surface area contributed by atoms with Crippen molar-refractivity contribution in [2.24, 2.45) is 0 Å². The number of hydrogen-bond acceptors (Lipinski definition) is 3. The maximum Gasteiger partial charge on any atom is 0.146 e. The Kier molecular flexibility index (Phi) is 3.02. The molecule has 20 heavy (non-hydrogen) atoms. The fraction of sp³-hybridized carbons (Fsp3) is 0.133. The maximum atomic E-state index is 13.0. The van der Waals surface area contributed by atoms with Gasteiger partial charge < -0.3 is 14.5 Å². The largest absolute Gasteiger partial charge is 0.494 e. The fourth-order valence-electron chi connectivity index (χ4n) is 2.12. The third kappa shape index (κ3) is 1.97. The van der Waals surface area contributed by atoms with E-state index in [4.69, 9.17) is 9.47 Å². The minimum absolute atomic E-state index is 0.278. The monoisotopic (exact) mass is 272 g/mol. The SMILES string of the molecule is COc1ccc(OC)c2[nH]c(-c3ccc(F)cc3)nc12. The van der Waals surface area contributed by atoms with E-state index in [1.54, 1.807) is 32.4 Å². The number of nitrogens with one attached hydrogen (secondary N) is 1. The van der Waals surface area contributed by atoms with Crippen LogP contribution in [0, 0.1) is 5.82 Å². The zero-order chi connectivity index (χ0) is 14.1. The standard InChI is InChI=1S/C15H13FN2O2/c1-19-11-7-8-12(20-2)14-13(11)17-15(18-14)9-3-5-10(16)6-4-9/h3-8H,1-2H3,(H,17,18). The lowest BCUT2D eigenvalue weighted by Crippen LogP contribution is -1.88. The Labute approximate surface area is 115 Å². The number of halogens is 1. The first kappa shape index (κ1) is 12.5. The van der Waals surface area contributed by atoms with E-state index < -0.39 is 0 Å². The Morgan fingerprint density at radius 2 is 1.60 bits per heavy atom. The molecular weight excluding hydrogens is 259 g/mol. The molecule has 0 unspecified atom stereocenters. The first-order valence-electron chi connectivity index (χ1n) is 6.09. The molecule has 4 nitrogen and oxygen atoms in total. The van der Waals surface area contributed by atoms with Gasteiger partial charge in [-0.2, -0.15) is 0 Å². The summed E-state index contributed by atoms with van der Waals surface area (Å²) in [6, 6.07) is 9.76. The highest BCUT2D eigenvalue weighted by atomic mass is 19.1. The molecule has 0 radical (unpaired) electrons. The summed E-state index contributed by atoms with van der Waals surface area (Å²) in [5.74, 6) is 1.70. The van der Waals surface area contributed by atoms with E-state index in [0.29, 0.717) is 22.8 Å². The van der Waals surface area contributed by atoms with Gasteiger partial charge in [-0.15, -0.1) is 0 Å². The van der Waals surface area contributed by atoms with Gasteiger partial charge in [0.05, 0.1) is 14.2 Å². The number of rotatable bonds is 3. The lowest BCUT2D eigenvalue weighted by Gasteiger charge is -2.04. The van der Waals surface area contributed by atoms with E-state index >= 15 is 0 Å². The van der Waals surface area contributed by atoms with Crippen LogP contribution >= 0.6 is 0 Å². The molecule has 0 saturated carbocycles. The summed E-state index contributed by atoms with van der Waals surface area (Å²) in [5, 5.41) is 0. The van der Waals surface area contributed by atoms with Gasteiger partial charge in [0.1, 0.15) is 34.2 Å². The summed E-state index contributed by atoms with van der Waals surface area (Å²) in [7, 11) is 3.19. The van der Waals surface area contributed by atoms with Crippen LogP contribution in [0.15, 0.2) is 36.4 Å². The van der Waals surface area contributed by atoms with Gasteiger partial charge in [-0.3, -0.25) is 0 Å². The van der Waals surface area contributed by atoms with Gasteiger partial charge in [0.15, 0.2) is 0 Å². The van der Waals surface area contributed by atoms with Gasteiger partial charge in [0.2, 0.25) is 0 Å². The summed E-state index contributed by atoms with van der Waals surface area (Å²) in [4.78, 5) is 7.70. The first-order valence-corrected chi connectivity index (χ1v) is 6.09. The molecule has 0 aliphatic heterocycles. The zero-order valence-electron chi connectivity index (χ0n) is 11.1. The highest BCUT2D eigenvalue weighted by Crippen LogP contribution is 2.33. The van der Waals surface area contributed by atoms with Crippen LogP contribution in [0.2, 0.25) is 0 Å². The van der Waals surface area contributed by atoms with Crippen molar-refractivity contribution < 1.29 is 13.9 Å². The van der Waals surface area contributed by atoms with Crippen molar-refractivity contribution in [3.05, 3.63) is 42.2 Å². The molecule has 1 aromatic heterocycles. The smallest absolute Gasteiger partial charge is 0.146 e. The molecule has 102 valence electrons. The number of H-pyrrole nitrogens is 1. The number of nitrogens with zero attached hydrogens (tertiary/aromatic N) is 1. The fourth-order valence-corrected chi connectivity index (χ4v) is 2.12. The summed E-state index contributed by atoms with van der Waals surface area (Å²) in [6.45, 7) is 0. The number of fused-ring (bicyclic) bond motifs is 1. The number of hydrogen-bond donors (Lipinski definition) is 1. The van der Waals surface area contributed by atoms with Crippen LogP contribution in [0.5, 0.6) is 11.5 Å². The molecule has 0 amide bonds. The Morgan fingerprint density at radius 1 is 0.950 bits per heavy atom. The van der Waals surface area contributed by atoms with Gasteiger partial charge in [0.25, 0.3) is 0 Å². The van der Waals surface area contributed by atoms with Crippen LogP contribution in [-0.4, -0.2) is 24.2 Å². The van der Waals surface area contributed by atoms with Crippen molar-refractivity contribution in [1.29, 1.82) is 0 Å². The van der Waals surface area contributed by atoms with Gasteiger partial charge >= 0.3 is 0 Å². The highest BCUT2D eigenvalue weighted by Gasteiger charge is 2.13. The Balaban J connectivity index is 2.21. The Morgan fingerprint density at radius 3 is 2.25 bits per heavy atom. The lowest BCUT2D eigenvalue weighted by molar-refractivity contribution is 0.409. The van der Waals surface area contributed by atoms with Crippen molar-refractivity contribution in [3.63, 3.8) is 0 Å². The molecular formula is C15H13FN2O2. The molecule has 0 fully saturated rings. The molecule has 5 heteroatoms. The van der Waals surface area contributed by atoms with Crippen molar-refractivity contribution >= 4 is 11.0 Å². The van der Waals surface area contributed by atoms with E-state index in [1.165, 1.54) is 12.1 Å². The Bertz CT molecular complexity index is 709. The average Bonchev–Trinajstić information content (AvgIpc) is 2.92.